The number of hydrogen-bond acceptors (Lipinski definition) is 19. The number of cyclic esters (lactones) is 1. The summed E-state index contributed by atoms with van der Waals surface area (Å²) in [4.78, 5) is 138. The number of likely N-dealkylation sites (N-methyl/N-ethyl adjacent to an activating group) is 2. The number of esters is 1. The molecule has 3 aliphatic rings. The highest BCUT2D eigenvalue weighted by Crippen LogP contribution is 2.35. The highest BCUT2D eigenvalue weighted by Gasteiger charge is 2.40. The Bertz CT molecular complexity index is 3310. The number of aliphatic hydroxyl groups excluding tert-OH is 1. The van der Waals surface area contributed by atoms with E-state index in [-0.39, 0.29) is 73.3 Å². The SMILES string of the molecule is CC(=O)c1cc(C)c(O)c(Cl)c1.CC(=O)c1ccc(O)cc1.CN[C@H]1CN(C(=O)CO)c2ccccc2N(CC(=O)N[C@H]2CC(=O)OC2OCc2ccccc2)C1=O.CN[C@H]1CN(C(=O)COC)c2ccccc2N(CC(=O)N[C@H](C=O)CC(=O)O)C1=O. The molecule has 5 aromatic carbocycles. The highest BCUT2D eigenvalue weighted by atomic mass is 35.5. The third kappa shape index (κ3) is 19.3. The molecular weight excluding hydrogens is 1170 g/mol. The molecule has 0 radical (unpaired) electrons. The van der Waals surface area contributed by atoms with Crippen LogP contribution in [0.3, 0.4) is 0 Å². The van der Waals surface area contributed by atoms with Crippen LogP contribution < -0.4 is 40.9 Å². The average Bonchev–Trinajstić information content (AvgIpc) is 1.91. The number of carbonyl (C=O) groups is 11. The van der Waals surface area contributed by atoms with E-state index in [1.165, 1.54) is 58.8 Å². The normalized spacial score (nSPS) is 17.0. The molecule has 3 heterocycles. The van der Waals surface area contributed by atoms with E-state index in [1.54, 1.807) is 87.7 Å². The Kier molecular flexibility index (Phi) is 26.4. The average molecular weight is 1240 g/mol. The lowest BCUT2D eigenvalue weighted by atomic mass is 10.1. The van der Waals surface area contributed by atoms with Crippen molar-refractivity contribution in [3.05, 3.63) is 143 Å². The van der Waals surface area contributed by atoms with Crippen LogP contribution in [-0.2, 0) is 64.0 Å². The number of ketones is 2. The number of phenols is 2. The summed E-state index contributed by atoms with van der Waals surface area (Å²) in [5.74, 6) is -4.57. The molecular formula is C61H69ClN8O18. The topological polar surface area (TPSA) is 357 Å². The molecule has 0 aromatic heterocycles. The van der Waals surface area contributed by atoms with Crippen molar-refractivity contribution in [2.45, 2.75) is 70.7 Å². The van der Waals surface area contributed by atoms with Gasteiger partial charge in [0.05, 0.1) is 66.4 Å². The summed E-state index contributed by atoms with van der Waals surface area (Å²) >= 11 is 5.66. The fourth-order valence-corrected chi connectivity index (χ4v) is 9.26. The number of amides is 6. The quantitative estimate of drug-likeness (QED) is 0.0335. The number of para-hydroxylation sites is 4. The van der Waals surface area contributed by atoms with Gasteiger partial charge < -0.3 is 70.5 Å². The fraction of sp³-hybridized carbons (Fsp3) is 0.328. The highest BCUT2D eigenvalue weighted by molar-refractivity contribution is 6.32. The number of nitrogens with one attached hydrogen (secondary N) is 4. The Morgan fingerprint density at radius 3 is 1.70 bits per heavy atom. The van der Waals surface area contributed by atoms with Crippen LogP contribution in [0.1, 0.15) is 58.5 Å². The minimum Gasteiger partial charge on any atom is -0.508 e. The van der Waals surface area contributed by atoms with E-state index >= 15 is 0 Å². The first kappa shape index (κ1) is 69.3. The monoisotopic (exact) mass is 1240 g/mol. The van der Waals surface area contributed by atoms with Gasteiger partial charge in [0.2, 0.25) is 29.9 Å². The van der Waals surface area contributed by atoms with Crippen LogP contribution in [0.2, 0.25) is 5.02 Å². The molecule has 468 valence electrons. The Labute approximate surface area is 511 Å². The number of methoxy groups -OCH3 is 1. The van der Waals surface area contributed by atoms with Crippen LogP contribution in [0.25, 0.3) is 0 Å². The third-order valence-electron chi connectivity index (χ3n) is 13.5. The van der Waals surface area contributed by atoms with E-state index in [4.69, 9.17) is 36.0 Å². The molecule has 0 saturated carbocycles. The molecule has 0 bridgehead atoms. The number of carbonyl (C=O) groups excluding carboxylic acids is 10. The molecule has 26 nitrogen and oxygen atoms in total. The third-order valence-corrected chi connectivity index (χ3v) is 13.8. The summed E-state index contributed by atoms with van der Waals surface area (Å²) in [5, 5.41) is 47.3. The first-order valence-electron chi connectivity index (χ1n) is 27.2. The molecule has 1 unspecified atom stereocenters. The van der Waals surface area contributed by atoms with E-state index in [0.717, 1.165) is 5.56 Å². The van der Waals surface area contributed by atoms with Crippen molar-refractivity contribution in [1.29, 1.82) is 0 Å². The van der Waals surface area contributed by atoms with Gasteiger partial charge in [-0.25, -0.2) is 0 Å². The number of nitrogens with zero attached hydrogens (tertiary/aromatic N) is 4. The number of benzene rings is 5. The summed E-state index contributed by atoms with van der Waals surface area (Å²) in [7, 11) is 4.53. The van der Waals surface area contributed by atoms with Crippen molar-refractivity contribution in [3.63, 3.8) is 0 Å². The summed E-state index contributed by atoms with van der Waals surface area (Å²) < 4.78 is 15.9. The molecule has 8 rings (SSSR count). The molecule has 5 atom stereocenters. The van der Waals surface area contributed by atoms with Crippen molar-refractivity contribution >= 4 is 99.6 Å². The molecule has 0 spiro atoms. The number of aldehydes is 1. The minimum absolute atomic E-state index is 0.00970. The Balaban J connectivity index is 0.000000241. The maximum Gasteiger partial charge on any atom is 0.310 e. The number of anilines is 4. The van der Waals surface area contributed by atoms with Crippen molar-refractivity contribution < 1.29 is 87.4 Å². The number of rotatable bonds is 19. The smallest absolute Gasteiger partial charge is 0.310 e. The van der Waals surface area contributed by atoms with Gasteiger partial charge in [-0.05, 0) is 107 Å². The zero-order valence-electron chi connectivity index (χ0n) is 49.0. The molecule has 5 aromatic rings. The van der Waals surface area contributed by atoms with Crippen molar-refractivity contribution in [3.8, 4) is 11.5 Å². The number of hydrogen-bond donors (Lipinski definition) is 8. The summed E-state index contributed by atoms with van der Waals surface area (Å²) in [5.41, 5.74) is 4.17. The van der Waals surface area contributed by atoms with Gasteiger partial charge in [-0.3, -0.25) is 57.7 Å². The van der Waals surface area contributed by atoms with Crippen LogP contribution >= 0.6 is 11.6 Å². The second kappa shape index (κ2) is 33.5. The second-order valence-corrected chi connectivity index (χ2v) is 20.2. The first-order chi connectivity index (χ1) is 41.9. The zero-order valence-corrected chi connectivity index (χ0v) is 49.7. The molecule has 6 amide bonds. The van der Waals surface area contributed by atoms with Gasteiger partial charge in [0.15, 0.2) is 11.6 Å². The van der Waals surface area contributed by atoms with Gasteiger partial charge >= 0.3 is 11.9 Å². The number of aryl methyl sites for hydroxylation is 1. The van der Waals surface area contributed by atoms with Gasteiger partial charge in [-0.2, -0.15) is 0 Å². The van der Waals surface area contributed by atoms with Crippen molar-refractivity contribution in [1.82, 2.24) is 21.3 Å². The number of aromatic hydroxyl groups is 2. The Hall–Kier alpha value is -9.44. The molecule has 8 N–H and O–H groups in total. The maximum atomic E-state index is 13.3. The lowest BCUT2D eigenvalue weighted by molar-refractivity contribution is -0.168. The second-order valence-electron chi connectivity index (χ2n) is 19.8. The number of Topliss-reactive ketones (excluding diaryl/α,β-unsaturated/α-hetero) is 2. The molecule has 0 aliphatic carbocycles. The van der Waals surface area contributed by atoms with E-state index in [0.29, 0.717) is 45.7 Å². The zero-order chi connectivity index (χ0) is 64.8. The molecule has 3 aliphatic heterocycles. The molecule has 1 fully saturated rings. The predicted octanol–water partition coefficient (Wildman–Crippen LogP) is 2.83. The number of aliphatic hydroxyl groups is 1. The summed E-state index contributed by atoms with van der Waals surface area (Å²) in [6.45, 7) is 3.15. The number of fused-ring (bicyclic) bond motifs is 2. The van der Waals surface area contributed by atoms with Crippen molar-refractivity contribution in [2.24, 2.45) is 0 Å². The first-order valence-corrected chi connectivity index (χ1v) is 27.6. The number of phenolic OH excluding ortho intramolecular Hbond substituents is 2. The number of ether oxygens (including phenoxy) is 3. The molecule has 27 heteroatoms. The van der Waals surface area contributed by atoms with Crippen LogP contribution in [0.5, 0.6) is 11.5 Å². The number of aliphatic carboxylic acids is 1. The van der Waals surface area contributed by atoms with E-state index < -0.39 is 91.5 Å². The van der Waals surface area contributed by atoms with E-state index in [9.17, 15) is 63.0 Å². The van der Waals surface area contributed by atoms with Gasteiger partial charge in [-0.1, -0.05) is 66.2 Å². The Morgan fingerprint density at radius 2 is 1.23 bits per heavy atom. The van der Waals surface area contributed by atoms with Gasteiger partial charge in [0.25, 0.3) is 11.8 Å². The maximum absolute atomic E-state index is 13.3. The van der Waals surface area contributed by atoms with Gasteiger partial charge in [0.1, 0.15) is 62.2 Å². The predicted molar refractivity (Wildman–Crippen MR) is 321 cm³/mol. The number of carboxylic acids is 1. The number of halogens is 1. The van der Waals surface area contributed by atoms with E-state index in [2.05, 4.69) is 21.3 Å². The van der Waals surface area contributed by atoms with Crippen LogP contribution in [0.4, 0.5) is 22.7 Å². The van der Waals surface area contributed by atoms with Gasteiger partial charge in [0, 0.05) is 18.2 Å². The lowest BCUT2D eigenvalue weighted by Gasteiger charge is -2.26. The summed E-state index contributed by atoms with van der Waals surface area (Å²) in [6.07, 6.45) is -1.27. The summed E-state index contributed by atoms with van der Waals surface area (Å²) in [6, 6.07) is 28.3. The lowest BCUT2D eigenvalue weighted by Crippen LogP contribution is -2.53. The van der Waals surface area contributed by atoms with Crippen LogP contribution in [0, 0.1) is 6.92 Å². The van der Waals surface area contributed by atoms with Crippen LogP contribution in [0.15, 0.2) is 115 Å². The van der Waals surface area contributed by atoms with Crippen LogP contribution in [-0.4, -0.2) is 177 Å². The Morgan fingerprint density at radius 1 is 0.716 bits per heavy atom. The minimum atomic E-state index is -1.24. The standard InChI is InChI=1S/C25H28N4O7.C19H24N4O7.C9H9ClO2.C8H8O2/c1-26-18-12-28(22(32)14-30)19-9-5-6-10-20(19)29(24(18)34)13-21(31)27-17-11-23(33)36-25(17)35-15-16-7-3-2-4-8-16;1-20-13-8-22(17(26)11-30-2)14-5-3-4-6-15(14)23(19(13)29)9-16(25)21-12(10-24)7-18(27)28;1-5-3-7(6(2)11)4-8(10)9(5)12;1-6(9)7-2-4-8(10)5-3-7/h2-10,17-18,25-26,30H,11-15H2,1H3,(H,27,31);3-6,10,12-13,20H,7-9,11H2,1-2H3,(H,21,25)(H,27,28);3-4,12H,1-2H3;2-5,10H,1H3/t17-,18-,25?;12-,13-;;/m00../s1. The van der Waals surface area contributed by atoms with E-state index in [1.807, 2.05) is 30.3 Å². The largest absolute Gasteiger partial charge is 0.508 e. The number of carboxylic acid groups (broad SMARTS) is 1. The van der Waals surface area contributed by atoms with Gasteiger partial charge in [-0.15, -0.1) is 0 Å². The fourth-order valence-electron chi connectivity index (χ4n) is 8.99. The molecule has 88 heavy (non-hydrogen) atoms. The molecule has 1 saturated heterocycles. The van der Waals surface area contributed by atoms with Crippen molar-refractivity contribution in [2.75, 3.05) is 80.2 Å².